The second-order valence-corrected chi connectivity index (χ2v) is 5.08. The van der Waals surface area contributed by atoms with E-state index >= 15 is 0 Å². The van der Waals surface area contributed by atoms with Gasteiger partial charge in [0.2, 0.25) is 0 Å². The van der Waals surface area contributed by atoms with Gasteiger partial charge in [-0.25, -0.2) is 0 Å². The van der Waals surface area contributed by atoms with Gasteiger partial charge in [0.05, 0.1) is 4.92 Å². The highest BCUT2D eigenvalue weighted by molar-refractivity contribution is 6.17. The summed E-state index contributed by atoms with van der Waals surface area (Å²) >= 11 is 0. The van der Waals surface area contributed by atoms with E-state index in [1.54, 1.807) is 50.2 Å². The summed E-state index contributed by atoms with van der Waals surface area (Å²) in [7, 11) is 0. The SMILES string of the molecule is CCC(=O)c1c(C(=O)c2ccccc2)ccc(CC)c1[N+](=O)[O-]. The summed E-state index contributed by atoms with van der Waals surface area (Å²) in [6.45, 7) is 3.41. The zero-order chi connectivity index (χ0) is 17.0. The predicted molar refractivity (Wildman–Crippen MR) is 87.0 cm³/mol. The minimum Gasteiger partial charge on any atom is -0.294 e. The normalized spacial score (nSPS) is 10.3. The van der Waals surface area contributed by atoms with Crippen molar-refractivity contribution in [2.45, 2.75) is 26.7 Å². The first-order valence-electron chi connectivity index (χ1n) is 7.44. The zero-order valence-electron chi connectivity index (χ0n) is 13.0. The molecule has 2 aromatic carbocycles. The number of nitro benzene ring substituents is 1. The molecule has 0 fully saturated rings. The van der Waals surface area contributed by atoms with Crippen LogP contribution in [0.2, 0.25) is 0 Å². The van der Waals surface area contributed by atoms with Crippen LogP contribution in [0.3, 0.4) is 0 Å². The third-order valence-corrected chi connectivity index (χ3v) is 3.71. The van der Waals surface area contributed by atoms with Crippen LogP contribution >= 0.6 is 0 Å². The number of nitrogens with zero attached hydrogens (tertiary/aromatic N) is 1. The van der Waals surface area contributed by atoms with E-state index in [-0.39, 0.29) is 29.0 Å². The second kappa shape index (κ2) is 6.96. The molecule has 2 rings (SSSR count). The lowest BCUT2D eigenvalue weighted by Crippen LogP contribution is -2.14. The standard InChI is InChI=1S/C18H17NO4/c1-3-12-10-11-14(18(21)13-8-6-5-7-9-13)16(15(20)4-2)17(12)19(22)23/h5-11H,3-4H2,1-2H3. The lowest BCUT2D eigenvalue weighted by molar-refractivity contribution is -0.385. The fourth-order valence-corrected chi connectivity index (χ4v) is 2.52. The third kappa shape index (κ3) is 3.18. The number of carbonyl (C=O) groups excluding carboxylic acids is 2. The number of benzene rings is 2. The van der Waals surface area contributed by atoms with E-state index in [4.69, 9.17) is 0 Å². The van der Waals surface area contributed by atoms with Crippen molar-refractivity contribution < 1.29 is 14.5 Å². The molecule has 0 aliphatic heterocycles. The summed E-state index contributed by atoms with van der Waals surface area (Å²) in [6, 6.07) is 11.5. The third-order valence-electron chi connectivity index (χ3n) is 3.71. The highest BCUT2D eigenvalue weighted by atomic mass is 16.6. The molecule has 0 saturated heterocycles. The number of hydrogen-bond donors (Lipinski definition) is 0. The molecule has 5 nitrogen and oxygen atoms in total. The van der Waals surface area contributed by atoms with Gasteiger partial charge in [-0.1, -0.05) is 50.2 Å². The topological polar surface area (TPSA) is 77.3 Å². The Bertz CT molecular complexity index is 766. The Morgan fingerprint density at radius 2 is 1.70 bits per heavy atom. The molecule has 0 bridgehead atoms. The average molecular weight is 311 g/mol. The first-order valence-corrected chi connectivity index (χ1v) is 7.44. The largest absolute Gasteiger partial charge is 0.294 e. The van der Waals surface area contributed by atoms with Crippen LogP contribution in [0.25, 0.3) is 0 Å². The van der Waals surface area contributed by atoms with Crippen molar-refractivity contribution in [1.82, 2.24) is 0 Å². The van der Waals surface area contributed by atoms with Crippen LogP contribution in [-0.4, -0.2) is 16.5 Å². The molecule has 0 aliphatic rings. The van der Waals surface area contributed by atoms with Gasteiger partial charge >= 0.3 is 0 Å². The van der Waals surface area contributed by atoms with Crippen molar-refractivity contribution in [3.05, 3.63) is 74.8 Å². The molecule has 0 aromatic heterocycles. The maximum absolute atomic E-state index is 12.7. The number of hydrogen-bond acceptors (Lipinski definition) is 4. The van der Waals surface area contributed by atoms with E-state index in [0.29, 0.717) is 17.5 Å². The van der Waals surface area contributed by atoms with E-state index in [1.165, 1.54) is 6.07 Å². The Morgan fingerprint density at radius 3 is 2.22 bits per heavy atom. The van der Waals surface area contributed by atoms with Gasteiger partial charge in [0, 0.05) is 23.1 Å². The number of Topliss-reactive ketones (excluding diaryl/α,β-unsaturated/α-hetero) is 1. The van der Waals surface area contributed by atoms with Gasteiger partial charge in [-0.2, -0.15) is 0 Å². The molecule has 23 heavy (non-hydrogen) atoms. The van der Waals surface area contributed by atoms with E-state index in [9.17, 15) is 19.7 Å². The van der Waals surface area contributed by atoms with Crippen LogP contribution in [-0.2, 0) is 6.42 Å². The van der Waals surface area contributed by atoms with Crippen LogP contribution in [0.15, 0.2) is 42.5 Å². The molecule has 0 aliphatic carbocycles. The Labute approximate surface area is 134 Å². The molecule has 0 amide bonds. The molecular formula is C18H17NO4. The minimum absolute atomic E-state index is 0.0781. The molecule has 0 heterocycles. The maximum atomic E-state index is 12.7. The maximum Gasteiger partial charge on any atom is 0.284 e. The van der Waals surface area contributed by atoms with Gasteiger partial charge in [-0.3, -0.25) is 19.7 Å². The summed E-state index contributed by atoms with van der Waals surface area (Å²) < 4.78 is 0. The van der Waals surface area contributed by atoms with Crippen molar-refractivity contribution in [2.24, 2.45) is 0 Å². The summed E-state index contributed by atoms with van der Waals surface area (Å²) in [5.41, 5.74) is 0.617. The number of carbonyl (C=O) groups is 2. The molecule has 0 radical (unpaired) electrons. The lowest BCUT2D eigenvalue weighted by atomic mass is 9.91. The van der Waals surface area contributed by atoms with Gasteiger partial charge in [0.25, 0.3) is 5.69 Å². The molecule has 0 saturated carbocycles. The number of nitro groups is 1. The molecule has 0 atom stereocenters. The number of ketones is 2. The van der Waals surface area contributed by atoms with E-state index in [0.717, 1.165) is 0 Å². The van der Waals surface area contributed by atoms with Gasteiger partial charge < -0.3 is 0 Å². The van der Waals surface area contributed by atoms with Gasteiger partial charge in [0.1, 0.15) is 5.56 Å². The van der Waals surface area contributed by atoms with E-state index in [2.05, 4.69) is 0 Å². The molecule has 0 N–H and O–H groups in total. The average Bonchev–Trinajstić information content (AvgIpc) is 2.59. The summed E-state index contributed by atoms with van der Waals surface area (Å²) in [5.74, 6) is -0.778. The van der Waals surface area contributed by atoms with Crippen molar-refractivity contribution in [1.29, 1.82) is 0 Å². The first-order chi connectivity index (χ1) is 11.0. The Morgan fingerprint density at radius 1 is 1.04 bits per heavy atom. The molecular weight excluding hydrogens is 294 g/mol. The Kier molecular flexibility index (Phi) is 5.01. The van der Waals surface area contributed by atoms with Crippen molar-refractivity contribution >= 4 is 17.3 Å². The smallest absolute Gasteiger partial charge is 0.284 e. The quantitative estimate of drug-likeness (QED) is 0.459. The van der Waals surface area contributed by atoms with Crippen LogP contribution in [0, 0.1) is 10.1 Å². The molecule has 0 spiro atoms. The summed E-state index contributed by atoms with van der Waals surface area (Å²) in [4.78, 5) is 35.9. The lowest BCUT2D eigenvalue weighted by Gasteiger charge is -2.11. The van der Waals surface area contributed by atoms with Gasteiger partial charge in [-0.05, 0) is 12.5 Å². The number of aryl methyl sites for hydroxylation is 1. The Hall–Kier alpha value is -2.82. The van der Waals surface area contributed by atoms with Gasteiger partial charge in [0.15, 0.2) is 11.6 Å². The zero-order valence-corrected chi connectivity index (χ0v) is 13.0. The summed E-state index contributed by atoms with van der Waals surface area (Å²) in [5, 5.41) is 11.5. The van der Waals surface area contributed by atoms with Crippen LogP contribution in [0.5, 0.6) is 0 Å². The van der Waals surface area contributed by atoms with Crippen LogP contribution in [0.4, 0.5) is 5.69 Å². The molecule has 2 aromatic rings. The van der Waals surface area contributed by atoms with Crippen molar-refractivity contribution in [3.63, 3.8) is 0 Å². The highest BCUT2D eigenvalue weighted by Crippen LogP contribution is 2.30. The summed E-state index contributed by atoms with van der Waals surface area (Å²) in [6.07, 6.45) is 0.517. The minimum atomic E-state index is -0.566. The van der Waals surface area contributed by atoms with E-state index in [1.807, 2.05) is 0 Å². The molecule has 5 heteroatoms. The fraction of sp³-hybridized carbons (Fsp3) is 0.222. The fourth-order valence-electron chi connectivity index (χ4n) is 2.52. The molecule has 118 valence electrons. The highest BCUT2D eigenvalue weighted by Gasteiger charge is 2.29. The monoisotopic (exact) mass is 311 g/mol. The van der Waals surface area contributed by atoms with Crippen molar-refractivity contribution in [3.8, 4) is 0 Å². The Balaban J connectivity index is 2.73. The first kappa shape index (κ1) is 16.5. The second-order valence-electron chi connectivity index (χ2n) is 5.08. The molecule has 0 unspecified atom stereocenters. The van der Waals surface area contributed by atoms with Crippen LogP contribution in [0.1, 0.15) is 52.1 Å². The van der Waals surface area contributed by atoms with Crippen LogP contribution < -0.4 is 0 Å². The predicted octanol–water partition coefficient (Wildman–Crippen LogP) is 3.98. The van der Waals surface area contributed by atoms with Gasteiger partial charge in [-0.15, -0.1) is 0 Å². The number of rotatable bonds is 6. The van der Waals surface area contributed by atoms with Crippen molar-refractivity contribution in [2.75, 3.05) is 0 Å². The van der Waals surface area contributed by atoms with E-state index < -0.39 is 10.7 Å².